The zero-order chi connectivity index (χ0) is 16.9. The van der Waals surface area contributed by atoms with E-state index in [9.17, 15) is 9.18 Å². The summed E-state index contributed by atoms with van der Waals surface area (Å²) in [7, 11) is 0. The quantitative estimate of drug-likeness (QED) is 0.691. The number of anilines is 1. The molecule has 2 heterocycles. The first-order chi connectivity index (χ1) is 11.6. The zero-order valence-electron chi connectivity index (χ0n) is 12.6. The zero-order valence-corrected chi connectivity index (χ0v) is 13.4. The topological polar surface area (TPSA) is 96.5 Å². The average molecular weight is 344 g/mol. The number of aromatic amines is 1. The second kappa shape index (κ2) is 7.18. The summed E-state index contributed by atoms with van der Waals surface area (Å²) in [5.41, 5.74) is 0.326. The Kier molecular flexibility index (Phi) is 4.80. The van der Waals surface area contributed by atoms with Crippen molar-refractivity contribution in [3.05, 3.63) is 48.5 Å². The number of carbonyl (C=O) groups is 1. The molecule has 0 aliphatic carbocycles. The Balaban J connectivity index is 1.66. The first-order valence-corrected chi connectivity index (χ1v) is 7.93. The highest BCUT2D eigenvalue weighted by molar-refractivity contribution is 8.00. The van der Waals surface area contributed by atoms with Crippen LogP contribution in [0, 0.1) is 5.82 Å². The summed E-state index contributed by atoms with van der Waals surface area (Å²) in [6.45, 7) is 1.71. The van der Waals surface area contributed by atoms with Crippen LogP contribution in [0.15, 0.2) is 47.9 Å². The number of thioether (sulfide) groups is 1. The van der Waals surface area contributed by atoms with Crippen LogP contribution in [0.1, 0.15) is 6.92 Å². The average Bonchev–Trinajstić information content (AvgIpc) is 3.04. The summed E-state index contributed by atoms with van der Waals surface area (Å²) in [6.07, 6.45) is 3.08. The van der Waals surface area contributed by atoms with E-state index in [1.807, 2.05) is 0 Å². The van der Waals surface area contributed by atoms with Crippen LogP contribution in [0.2, 0.25) is 0 Å². The third-order valence-corrected chi connectivity index (χ3v) is 4.01. The summed E-state index contributed by atoms with van der Waals surface area (Å²) >= 11 is 1.15. The van der Waals surface area contributed by atoms with E-state index in [0.29, 0.717) is 16.5 Å². The Morgan fingerprint density at radius 2 is 2.00 bits per heavy atom. The second-order valence-corrected chi connectivity index (χ2v) is 6.08. The molecule has 1 unspecified atom stereocenters. The van der Waals surface area contributed by atoms with Crippen LogP contribution in [0.5, 0.6) is 0 Å². The summed E-state index contributed by atoms with van der Waals surface area (Å²) in [6, 6.07) is 7.92. The van der Waals surface area contributed by atoms with Crippen LogP contribution in [0.4, 0.5) is 10.3 Å². The van der Waals surface area contributed by atoms with E-state index in [0.717, 1.165) is 11.8 Å². The number of hydrogen-bond donors (Lipinski definition) is 2. The predicted molar refractivity (Wildman–Crippen MR) is 87.8 cm³/mol. The van der Waals surface area contributed by atoms with Crippen molar-refractivity contribution >= 4 is 23.6 Å². The van der Waals surface area contributed by atoms with Crippen LogP contribution in [0.25, 0.3) is 11.4 Å². The van der Waals surface area contributed by atoms with Gasteiger partial charge in [-0.15, -0.1) is 5.10 Å². The molecule has 0 fully saturated rings. The molecule has 0 radical (unpaired) electrons. The molecule has 0 spiro atoms. The minimum Gasteiger partial charge on any atom is -0.294 e. The maximum atomic E-state index is 13.7. The van der Waals surface area contributed by atoms with Gasteiger partial charge >= 0.3 is 0 Å². The van der Waals surface area contributed by atoms with Gasteiger partial charge in [-0.3, -0.25) is 15.2 Å². The molecule has 0 saturated carbocycles. The lowest BCUT2D eigenvalue weighted by molar-refractivity contribution is -0.115. The third-order valence-electron chi connectivity index (χ3n) is 3.05. The number of H-pyrrole nitrogens is 1. The van der Waals surface area contributed by atoms with Gasteiger partial charge in [0.25, 0.3) is 0 Å². The van der Waals surface area contributed by atoms with Gasteiger partial charge in [-0.25, -0.2) is 19.3 Å². The molecule has 2 N–H and O–H groups in total. The third kappa shape index (κ3) is 3.74. The number of nitrogens with zero attached hydrogens (tertiary/aromatic N) is 4. The van der Waals surface area contributed by atoms with E-state index in [-0.39, 0.29) is 11.9 Å². The summed E-state index contributed by atoms with van der Waals surface area (Å²) in [5, 5.41) is 9.17. The van der Waals surface area contributed by atoms with Gasteiger partial charge in [0.15, 0.2) is 5.82 Å². The molecule has 3 rings (SSSR count). The number of carbonyl (C=O) groups excluding carboxylic acids is 1. The molecule has 7 nitrogen and oxygen atoms in total. The Bertz CT molecular complexity index is 841. The van der Waals surface area contributed by atoms with Crippen molar-refractivity contribution < 1.29 is 9.18 Å². The van der Waals surface area contributed by atoms with Crippen molar-refractivity contribution in [1.29, 1.82) is 0 Å². The molecular weight excluding hydrogens is 331 g/mol. The standard InChI is InChI=1S/C15H13FN6OS/c1-9(13(23)20-14-17-7-4-8-18-14)24-15-19-12(21-22-15)10-5-2-3-6-11(10)16/h2-9H,1H3,(H,19,21,22)(H,17,18,20,23). The van der Waals surface area contributed by atoms with E-state index in [4.69, 9.17) is 0 Å². The van der Waals surface area contributed by atoms with Gasteiger partial charge in [-0.05, 0) is 25.1 Å². The fourth-order valence-corrected chi connectivity index (χ4v) is 2.58. The van der Waals surface area contributed by atoms with Crippen LogP contribution in [0.3, 0.4) is 0 Å². The molecule has 0 bridgehead atoms. The summed E-state index contributed by atoms with van der Waals surface area (Å²) < 4.78 is 13.7. The van der Waals surface area contributed by atoms with Crippen LogP contribution >= 0.6 is 11.8 Å². The van der Waals surface area contributed by atoms with Gasteiger partial charge < -0.3 is 0 Å². The van der Waals surface area contributed by atoms with E-state index < -0.39 is 11.1 Å². The van der Waals surface area contributed by atoms with Crippen molar-refractivity contribution in [2.24, 2.45) is 0 Å². The largest absolute Gasteiger partial charge is 0.294 e. The normalized spacial score (nSPS) is 11.9. The summed E-state index contributed by atoms with van der Waals surface area (Å²) in [4.78, 5) is 24.2. The molecule has 24 heavy (non-hydrogen) atoms. The first kappa shape index (κ1) is 16.1. The maximum absolute atomic E-state index is 13.7. The van der Waals surface area contributed by atoms with Crippen molar-refractivity contribution in [1.82, 2.24) is 25.1 Å². The van der Waals surface area contributed by atoms with Crippen molar-refractivity contribution in [2.45, 2.75) is 17.3 Å². The van der Waals surface area contributed by atoms with Crippen LogP contribution in [-0.4, -0.2) is 36.3 Å². The summed E-state index contributed by atoms with van der Waals surface area (Å²) in [5.74, 6) is -0.118. The number of halogens is 1. The maximum Gasteiger partial charge on any atom is 0.240 e. The molecule has 3 aromatic rings. The highest BCUT2D eigenvalue weighted by Crippen LogP contribution is 2.24. The molecule has 0 saturated heterocycles. The van der Waals surface area contributed by atoms with Gasteiger partial charge in [0.1, 0.15) is 5.82 Å². The number of rotatable bonds is 5. The minimum atomic E-state index is -0.474. The SMILES string of the molecule is CC(Sc1n[nH]c(-c2ccccc2F)n1)C(=O)Nc1ncccn1. The molecule has 2 aromatic heterocycles. The van der Waals surface area contributed by atoms with Crippen molar-refractivity contribution in [3.63, 3.8) is 0 Å². The Labute approximate surface area is 141 Å². The predicted octanol–water partition coefficient (Wildman–Crippen LogP) is 2.52. The number of nitrogens with one attached hydrogen (secondary N) is 2. The number of benzene rings is 1. The van der Waals surface area contributed by atoms with E-state index >= 15 is 0 Å². The molecule has 122 valence electrons. The van der Waals surface area contributed by atoms with E-state index in [1.54, 1.807) is 31.2 Å². The smallest absolute Gasteiger partial charge is 0.240 e. The Hall–Kier alpha value is -2.81. The molecular formula is C15H13FN6OS. The lowest BCUT2D eigenvalue weighted by Gasteiger charge is -2.08. The highest BCUT2D eigenvalue weighted by Gasteiger charge is 2.19. The first-order valence-electron chi connectivity index (χ1n) is 7.05. The van der Waals surface area contributed by atoms with Gasteiger partial charge in [-0.2, -0.15) is 0 Å². The van der Waals surface area contributed by atoms with Crippen LogP contribution < -0.4 is 5.32 Å². The lowest BCUT2D eigenvalue weighted by atomic mass is 10.2. The Morgan fingerprint density at radius 3 is 2.75 bits per heavy atom. The van der Waals surface area contributed by atoms with Gasteiger partial charge in [-0.1, -0.05) is 23.9 Å². The van der Waals surface area contributed by atoms with Crippen LogP contribution in [-0.2, 0) is 4.79 Å². The van der Waals surface area contributed by atoms with Gasteiger partial charge in [0.05, 0.1) is 10.8 Å². The lowest BCUT2D eigenvalue weighted by Crippen LogP contribution is -2.23. The fraction of sp³-hybridized carbons (Fsp3) is 0.133. The van der Waals surface area contributed by atoms with Crippen molar-refractivity contribution in [3.8, 4) is 11.4 Å². The molecule has 1 atom stereocenters. The Morgan fingerprint density at radius 1 is 1.25 bits per heavy atom. The second-order valence-electron chi connectivity index (χ2n) is 4.77. The molecule has 0 aliphatic heterocycles. The van der Waals surface area contributed by atoms with E-state index in [1.165, 1.54) is 18.5 Å². The van der Waals surface area contributed by atoms with E-state index in [2.05, 4.69) is 30.5 Å². The number of amides is 1. The molecule has 1 amide bonds. The van der Waals surface area contributed by atoms with Gasteiger partial charge in [0, 0.05) is 12.4 Å². The van der Waals surface area contributed by atoms with Gasteiger partial charge in [0.2, 0.25) is 17.0 Å². The monoisotopic (exact) mass is 344 g/mol. The fourth-order valence-electron chi connectivity index (χ4n) is 1.86. The molecule has 9 heteroatoms. The van der Waals surface area contributed by atoms with Crippen molar-refractivity contribution in [2.75, 3.05) is 5.32 Å². The molecule has 1 aromatic carbocycles. The number of aromatic nitrogens is 5. The number of hydrogen-bond acceptors (Lipinski definition) is 6. The minimum absolute atomic E-state index is 0.233. The molecule has 0 aliphatic rings. The highest BCUT2D eigenvalue weighted by atomic mass is 32.2.